The first-order valence-corrected chi connectivity index (χ1v) is 6.95. The summed E-state index contributed by atoms with van der Waals surface area (Å²) in [7, 11) is 1.79. The number of nitrogens with two attached hydrogens (primary N) is 1. The number of hydrogen-bond donors (Lipinski definition) is 1. The largest absolute Gasteiger partial charge is 0.369 e. The lowest BCUT2D eigenvalue weighted by Crippen LogP contribution is -2.32. The van der Waals surface area contributed by atoms with Crippen LogP contribution < -0.4 is 15.5 Å². The first-order valence-electron chi connectivity index (χ1n) is 6.95. The van der Waals surface area contributed by atoms with E-state index in [2.05, 4.69) is 37.8 Å². The highest BCUT2D eigenvalue weighted by atomic mass is 16.2. The van der Waals surface area contributed by atoms with Gasteiger partial charge in [0.25, 0.3) is 0 Å². The number of rotatable bonds is 4. The minimum Gasteiger partial charge on any atom is -0.369 e. The predicted molar refractivity (Wildman–Crippen MR) is 79.6 cm³/mol. The highest BCUT2D eigenvalue weighted by molar-refractivity contribution is 6.04. The molecule has 2 N–H and O–H groups in total. The summed E-state index contributed by atoms with van der Waals surface area (Å²) in [5, 5.41) is 0. The zero-order chi connectivity index (χ0) is 14.2. The van der Waals surface area contributed by atoms with Gasteiger partial charge in [-0.3, -0.25) is 4.79 Å². The standard InChI is InChI=1S/C15H23N3O/c1-5-10(3)18(6-2)11-7-8-12-13(9-11)17(4)15(19)14(12)16/h7-10,14H,5-6,16H2,1-4H3. The van der Waals surface area contributed by atoms with Crippen molar-refractivity contribution in [1.29, 1.82) is 0 Å². The summed E-state index contributed by atoms with van der Waals surface area (Å²) in [6.07, 6.45) is 1.10. The predicted octanol–water partition coefficient (Wildman–Crippen LogP) is 2.29. The van der Waals surface area contributed by atoms with Crippen LogP contribution in [0.2, 0.25) is 0 Å². The second-order valence-corrected chi connectivity index (χ2v) is 5.16. The van der Waals surface area contributed by atoms with E-state index in [1.54, 1.807) is 11.9 Å². The lowest BCUT2D eigenvalue weighted by atomic mass is 10.1. The van der Waals surface area contributed by atoms with Crippen LogP contribution in [0.3, 0.4) is 0 Å². The van der Waals surface area contributed by atoms with Crippen molar-refractivity contribution in [3.63, 3.8) is 0 Å². The molecule has 4 heteroatoms. The van der Waals surface area contributed by atoms with Gasteiger partial charge in [-0.05, 0) is 32.4 Å². The molecule has 1 aliphatic heterocycles. The molecule has 19 heavy (non-hydrogen) atoms. The van der Waals surface area contributed by atoms with E-state index >= 15 is 0 Å². The summed E-state index contributed by atoms with van der Waals surface area (Å²) < 4.78 is 0. The van der Waals surface area contributed by atoms with Crippen molar-refractivity contribution in [3.8, 4) is 0 Å². The van der Waals surface area contributed by atoms with Crippen molar-refractivity contribution in [2.45, 2.75) is 39.3 Å². The van der Waals surface area contributed by atoms with Crippen LogP contribution in [-0.4, -0.2) is 25.5 Å². The molecular formula is C15H23N3O. The van der Waals surface area contributed by atoms with Gasteiger partial charge in [-0.2, -0.15) is 0 Å². The molecule has 0 fully saturated rings. The Morgan fingerprint density at radius 3 is 2.68 bits per heavy atom. The molecule has 2 unspecified atom stereocenters. The third-order valence-electron chi connectivity index (χ3n) is 4.10. The van der Waals surface area contributed by atoms with E-state index in [9.17, 15) is 4.79 Å². The zero-order valence-corrected chi connectivity index (χ0v) is 12.2. The monoisotopic (exact) mass is 261 g/mol. The fourth-order valence-electron chi connectivity index (χ4n) is 2.69. The molecule has 2 rings (SSSR count). The second-order valence-electron chi connectivity index (χ2n) is 5.16. The highest BCUT2D eigenvalue weighted by Crippen LogP contribution is 2.36. The van der Waals surface area contributed by atoms with Gasteiger partial charge >= 0.3 is 0 Å². The van der Waals surface area contributed by atoms with Crippen LogP contribution in [0.1, 0.15) is 38.8 Å². The molecule has 0 radical (unpaired) electrons. The Bertz CT molecular complexity index is 486. The van der Waals surface area contributed by atoms with Crippen LogP contribution in [0.4, 0.5) is 11.4 Å². The molecule has 0 aromatic heterocycles. The molecule has 4 nitrogen and oxygen atoms in total. The van der Waals surface area contributed by atoms with Gasteiger partial charge < -0.3 is 15.5 Å². The van der Waals surface area contributed by atoms with E-state index in [0.29, 0.717) is 6.04 Å². The number of fused-ring (bicyclic) bond motifs is 1. The maximum Gasteiger partial charge on any atom is 0.248 e. The number of likely N-dealkylation sites (N-methyl/N-ethyl adjacent to an activating group) is 1. The normalized spacial score (nSPS) is 19.5. The number of carbonyl (C=O) groups is 1. The van der Waals surface area contributed by atoms with Crippen LogP contribution in [0.25, 0.3) is 0 Å². The Kier molecular flexibility index (Phi) is 3.80. The topological polar surface area (TPSA) is 49.6 Å². The molecule has 1 aromatic carbocycles. The minimum absolute atomic E-state index is 0.0289. The SMILES string of the molecule is CCC(C)N(CC)c1ccc2c(c1)N(C)C(=O)C2N. The van der Waals surface area contributed by atoms with E-state index < -0.39 is 6.04 Å². The van der Waals surface area contributed by atoms with Crippen molar-refractivity contribution in [1.82, 2.24) is 0 Å². The molecule has 0 aliphatic carbocycles. The molecule has 0 spiro atoms. The number of amides is 1. The van der Waals surface area contributed by atoms with Crippen molar-refractivity contribution in [2.75, 3.05) is 23.4 Å². The molecule has 0 saturated heterocycles. The Morgan fingerprint density at radius 2 is 2.11 bits per heavy atom. The third-order valence-corrected chi connectivity index (χ3v) is 4.10. The average Bonchev–Trinajstić information content (AvgIpc) is 2.64. The first-order chi connectivity index (χ1) is 9.01. The summed E-state index contributed by atoms with van der Waals surface area (Å²) in [5.41, 5.74) is 8.95. The fourth-order valence-corrected chi connectivity index (χ4v) is 2.69. The van der Waals surface area contributed by atoms with Gasteiger partial charge in [0.1, 0.15) is 6.04 Å². The van der Waals surface area contributed by atoms with Gasteiger partial charge in [0.15, 0.2) is 0 Å². The van der Waals surface area contributed by atoms with Gasteiger partial charge in [-0.1, -0.05) is 13.0 Å². The lowest BCUT2D eigenvalue weighted by molar-refractivity contribution is -0.118. The average molecular weight is 261 g/mol. The molecule has 1 aromatic rings. The van der Waals surface area contributed by atoms with Crippen molar-refractivity contribution < 1.29 is 4.79 Å². The van der Waals surface area contributed by atoms with E-state index in [-0.39, 0.29) is 5.91 Å². The van der Waals surface area contributed by atoms with E-state index in [1.807, 2.05) is 6.07 Å². The number of carbonyl (C=O) groups excluding carboxylic acids is 1. The molecular weight excluding hydrogens is 238 g/mol. The summed E-state index contributed by atoms with van der Waals surface area (Å²) >= 11 is 0. The van der Waals surface area contributed by atoms with Crippen molar-refractivity contribution in [3.05, 3.63) is 23.8 Å². The number of hydrogen-bond acceptors (Lipinski definition) is 3. The maximum atomic E-state index is 11.9. The van der Waals surface area contributed by atoms with Gasteiger partial charge in [-0.25, -0.2) is 0 Å². The summed E-state index contributed by atoms with van der Waals surface area (Å²) in [4.78, 5) is 15.9. The Morgan fingerprint density at radius 1 is 1.42 bits per heavy atom. The van der Waals surface area contributed by atoms with Gasteiger partial charge in [-0.15, -0.1) is 0 Å². The number of nitrogens with zero attached hydrogens (tertiary/aromatic N) is 2. The molecule has 2 atom stereocenters. The molecule has 1 heterocycles. The Hall–Kier alpha value is -1.55. The van der Waals surface area contributed by atoms with Crippen LogP contribution in [0, 0.1) is 0 Å². The Balaban J connectivity index is 2.39. The molecule has 0 bridgehead atoms. The molecule has 1 aliphatic rings. The quantitative estimate of drug-likeness (QED) is 0.904. The summed E-state index contributed by atoms with van der Waals surface area (Å²) in [6, 6.07) is 6.12. The van der Waals surface area contributed by atoms with Crippen LogP contribution in [0.15, 0.2) is 18.2 Å². The number of anilines is 2. The van der Waals surface area contributed by atoms with E-state index in [0.717, 1.165) is 29.9 Å². The van der Waals surface area contributed by atoms with Gasteiger partial charge in [0.2, 0.25) is 5.91 Å². The van der Waals surface area contributed by atoms with Crippen LogP contribution in [0.5, 0.6) is 0 Å². The van der Waals surface area contributed by atoms with E-state index in [1.165, 1.54) is 0 Å². The maximum absolute atomic E-state index is 11.9. The van der Waals surface area contributed by atoms with Gasteiger partial charge in [0.05, 0.1) is 5.69 Å². The third kappa shape index (κ3) is 2.21. The smallest absolute Gasteiger partial charge is 0.248 e. The first kappa shape index (κ1) is 13.9. The minimum atomic E-state index is -0.507. The zero-order valence-electron chi connectivity index (χ0n) is 12.2. The Labute approximate surface area is 115 Å². The van der Waals surface area contributed by atoms with Crippen molar-refractivity contribution >= 4 is 17.3 Å². The molecule has 104 valence electrons. The number of benzene rings is 1. The molecule has 1 amide bonds. The highest BCUT2D eigenvalue weighted by Gasteiger charge is 2.32. The van der Waals surface area contributed by atoms with Gasteiger partial charge in [0, 0.05) is 30.9 Å². The van der Waals surface area contributed by atoms with Crippen LogP contribution in [-0.2, 0) is 4.79 Å². The van der Waals surface area contributed by atoms with Crippen LogP contribution >= 0.6 is 0 Å². The van der Waals surface area contributed by atoms with Crippen molar-refractivity contribution in [2.24, 2.45) is 5.73 Å². The lowest BCUT2D eigenvalue weighted by Gasteiger charge is -2.30. The fraction of sp³-hybridized carbons (Fsp3) is 0.533. The second kappa shape index (κ2) is 5.21. The summed E-state index contributed by atoms with van der Waals surface area (Å²) in [5.74, 6) is -0.0289. The summed E-state index contributed by atoms with van der Waals surface area (Å²) in [6.45, 7) is 7.51. The molecule has 0 saturated carbocycles. The van der Waals surface area contributed by atoms with E-state index in [4.69, 9.17) is 5.73 Å².